The fraction of sp³-hybridized carbons (Fsp3) is 0.583. The molecule has 6 N–H and O–H groups in total. The van der Waals surface area contributed by atoms with E-state index >= 15 is 0 Å². The molecular weight excluding hydrogens is 502 g/mol. The molecule has 1 fully saturated rings. The minimum Gasteiger partial charge on any atom is -0.481 e. The Bertz CT molecular complexity index is 1200. The number of carboxylic acids is 2. The second kappa shape index (κ2) is 11.4. The predicted octanol–water partition coefficient (Wildman–Crippen LogP) is 2.20. The van der Waals surface area contributed by atoms with Gasteiger partial charge in [0.2, 0.25) is 0 Å². The number of nitrogens with zero attached hydrogens (tertiary/aromatic N) is 3. The molecule has 6 atom stereocenters. The van der Waals surface area contributed by atoms with Gasteiger partial charge in [0, 0.05) is 17.7 Å². The Morgan fingerprint density at radius 1 is 1.11 bits per heavy atom. The number of aromatic nitrogens is 3. The van der Waals surface area contributed by atoms with Crippen molar-refractivity contribution in [1.82, 2.24) is 14.5 Å². The number of aliphatic carboxylic acids is 2. The third-order valence-corrected chi connectivity index (χ3v) is 7.06. The molecule has 12 nitrogen and oxygen atoms in total. The zero-order valence-corrected chi connectivity index (χ0v) is 22.0. The number of thiocarbonyl (C=S) groups is 1. The second-order valence-corrected chi connectivity index (χ2v) is 10.3. The molecule has 1 saturated heterocycles. The summed E-state index contributed by atoms with van der Waals surface area (Å²) in [5.41, 5.74) is 12.9. The van der Waals surface area contributed by atoms with Crippen molar-refractivity contribution in [3.8, 4) is 0 Å². The van der Waals surface area contributed by atoms with E-state index in [1.165, 1.54) is 6.33 Å². The van der Waals surface area contributed by atoms with Crippen LogP contribution in [-0.2, 0) is 23.9 Å². The monoisotopic (exact) mass is 535 g/mol. The lowest BCUT2D eigenvalue weighted by Gasteiger charge is -2.27. The van der Waals surface area contributed by atoms with Gasteiger partial charge in [-0.15, -0.1) is 0 Å². The molecule has 0 spiro atoms. The van der Waals surface area contributed by atoms with Crippen molar-refractivity contribution < 1.29 is 34.1 Å². The van der Waals surface area contributed by atoms with Crippen molar-refractivity contribution >= 4 is 52.0 Å². The maximum atomic E-state index is 12.2. The fourth-order valence-electron chi connectivity index (χ4n) is 4.76. The molecule has 37 heavy (non-hydrogen) atoms. The summed E-state index contributed by atoms with van der Waals surface area (Å²) in [4.78, 5) is 44.2. The Labute approximate surface area is 219 Å². The molecule has 3 heterocycles. The van der Waals surface area contributed by atoms with Crippen LogP contribution in [0.3, 0.4) is 0 Å². The molecule has 2 aromatic heterocycles. The molecule has 0 amide bonds. The summed E-state index contributed by atoms with van der Waals surface area (Å²) in [7, 11) is 0. The summed E-state index contributed by atoms with van der Waals surface area (Å²) in [5.74, 6) is -5.02. The minimum atomic E-state index is -0.994. The summed E-state index contributed by atoms with van der Waals surface area (Å²) in [6.07, 6.45) is 1.81. The van der Waals surface area contributed by atoms with Crippen molar-refractivity contribution in [3.63, 3.8) is 0 Å². The average Bonchev–Trinajstić information content (AvgIpc) is 3.36. The van der Waals surface area contributed by atoms with Crippen LogP contribution >= 0.6 is 12.2 Å². The lowest BCUT2D eigenvalue weighted by molar-refractivity contribution is -0.153. The highest BCUT2D eigenvalue weighted by Gasteiger charge is 2.48. The lowest BCUT2D eigenvalue weighted by atomic mass is 9.78. The van der Waals surface area contributed by atoms with E-state index in [0.717, 1.165) is 0 Å². The average molecular weight is 536 g/mol. The zero-order chi connectivity index (χ0) is 27.6. The highest BCUT2D eigenvalue weighted by atomic mass is 32.1. The van der Waals surface area contributed by atoms with Gasteiger partial charge in [0.1, 0.15) is 35.6 Å². The van der Waals surface area contributed by atoms with Gasteiger partial charge in [0.15, 0.2) is 0 Å². The number of carboxylic acid groups (broad SMARTS) is 2. The summed E-state index contributed by atoms with van der Waals surface area (Å²) in [6.45, 7) is 6.46. The lowest BCUT2D eigenvalue weighted by Crippen LogP contribution is -2.31. The number of carbonyl (C=O) groups is 3. The van der Waals surface area contributed by atoms with Crippen LogP contribution in [0.5, 0.6) is 0 Å². The molecule has 1 aliphatic heterocycles. The van der Waals surface area contributed by atoms with E-state index in [2.05, 4.69) is 9.97 Å². The Hall–Kier alpha value is -3.32. The quantitative estimate of drug-likeness (QED) is 0.242. The number of fused-ring (bicyclic) bond motifs is 1. The zero-order valence-electron chi connectivity index (χ0n) is 21.2. The number of anilines is 1. The van der Waals surface area contributed by atoms with E-state index in [0.29, 0.717) is 16.6 Å². The third kappa shape index (κ3) is 5.99. The van der Waals surface area contributed by atoms with Crippen LogP contribution in [0.1, 0.15) is 52.3 Å². The second-order valence-electron chi connectivity index (χ2n) is 9.90. The van der Waals surface area contributed by atoms with Crippen molar-refractivity contribution in [3.05, 3.63) is 18.1 Å². The molecule has 0 radical (unpaired) electrons. The molecule has 0 bridgehead atoms. The maximum absolute atomic E-state index is 12.2. The summed E-state index contributed by atoms with van der Waals surface area (Å²) < 4.78 is 13.6. The van der Waals surface area contributed by atoms with Crippen LogP contribution in [0.25, 0.3) is 11.0 Å². The van der Waals surface area contributed by atoms with Gasteiger partial charge in [-0.2, -0.15) is 0 Å². The maximum Gasteiger partial charge on any atom is 0.308 e. The predicted molar refractivity (Wildman–Crippen MR) is 137 cm³/mol. The Balaban J connectivity index is 2.12. The van der Waals surface area contributed by atoms with Crippen LogP contribution in [-0.4, -0.2) is 60.4 Å². The highest BCUT2D eigenvalue weighted by molar-refractivity contribution is 7.80. The van der Waals surface area contributed by atoms with Crippen LogP contribution in [0, 0.1) is 29.6 Å². The summed E-state index contributed by atoms with van der Waals surface area (Å²) in [5, 5.41) is 19.7. The van der Waals surface area contributed by atoms with Crippen LogP contribution in [0.15, 0.2) is 12.5 Å². The highest BCUT2D eigenvalue weighted by Crippen LogP contribution is 2.47. The molecule has 0 aromatic carbocycles. The fourth-order valence-corrected chi connectivity index (χ4v) is 4.91. The number of nitrogens with two attached hydrogens (primary N) is 2. The first-order valence-electron chi connectivity index (χ1n) is 12.0. The Morgan fingerprint density at radius 3 is 2.24 bits per heavy atom. The standard InChI is InChI=1S/C24H33N5O7S/c1-10(2)24(34)35-8-16-13(5-11(3)22(30)31)14(6-12(4)23(32)33)21(36-16)29-7-15(19(26)37)17-18(25)27-9-28-20(17)29/h7,9-14,16,21H,5-6,8H2,1-4H3,(H2,26,37)(H,30,31)(H,32,33)(H2,25,27,28)/t11?,12?,13-,14-,16+,21-/m1/s1. The number of hydrogen-bond acceptors (Lipinski definition) is 9. The number of ether oxygens (including phenoxy) is 2. The molecule has 13 heteroatoms. The van der Waals surface area contributed by atoms with Crippen molar-refractivity contribution in [2.45, 2.75) is 52.9 Å². The number of nitrogen functional groups attached to an aromatic ring is 1. The molecular formula is C24H33N5O7S. The van der Waals surface area contributed by atoms with Gasteiger partial charge in [-0.3, -0.25) is 14.4 Å². The van der Waals surface area contributed by atoms with E-state index in [1.807, 2.05) is 0 Å². The van der Waals surface area contributed by atoms with Gasteiger partial charge in [-0.05, 0) is 18.8 Å². The van der Waals surface area contributed by atoms with Gasteiger partial charge in [-0.1, -0.05) is 39.9 Å². The normalized spacial score (nSPS) is 23.2. The van der Waals surface area contributed by atoms with Gasteiger partial charge < -0.3 is 35.7 Å². The smallest absolute Gasteiger partial charge is 0.308 e. The molecule has 1 aliphatic rings. The molecule has 202 valence electrons. The number of esters is 1. The Morgan fingerprint density at radius 2 is 1.70 bits per heavy atom. The van der Waals surface area contributed by atoms with Crippen LogP contribution < -0.4 is 11.5 Å². The molecule has 3 rings (SSSR count). The van der Waals surface area contributed by atoms with Crippen molar-refractivity contribution in [2.24, 2.45) is 35.3 Å². The first-order chi connectivity index (χ1) is 17.3. The van der Waals surface area contributed by atoms with Crippen molar-refractivity contribution in [2.75, 3.05) is 12.3 Å². The van der Waals surface area contributed by atoms with Gasteiger partial charge >= 0.3 is 17.9 Å². The number of rotatable bonds is 11. The van der Waals surface area contributed by atoms with Gasteiger partial charge in [0.25, 0.3) is 0 Å². The van der Waals surface area contributed by atoms with Crippen LogP contribution in [0.2, 0.25) is 0 Å². The summed E-state index contributed by atoms with van der Waals surface area (Å²) >= 11 is 5.21. The summed E-state index contributed by atoms with van der Waals surface area (Å²) in [6, 6.07) is 0. The van der Waals surface area contributed by atoms with Crippen LogP contribution in [0.4, 0.5) is 5.82 Å². The van der Waals surface area contributed by atoms with E-state index in [9.17, 15) is 24.6 Å². The van der Waals surface area contributed by atoms with Gasteiger partial charge in [0.05, 0.1) is 29.2 Å². The number of hydrogen-bond donors (Lipinski definition) is 4. The molecule has 2 unspecified atom stereocenters. The van der Waals surface area contributed by atoms with E-state index in [4.69, 9.17) is 33.2 Å². The largest absolute Gasteiger partial charge is 0.481 e. The van der Waals surface area contributed by atoms with Gasteiger partial charge in [-0.25, -0.2) is 9.97 Å². The topological polar surface area (TPSA) is 193 Å². The van der Waals surface area contributed by atoms with E-state index < -0.39 is 53.9 Å². The molecule has 0 aliphatic carbocycles. The Kier molecular flexibility index (Phi) is 8.69. The first-order valence-corrected chi connectivity index (χ1v) is 12.4. The minimum absolute atomic E-state index is 0.0668. The first kappa shape index (κ1) is 28.3. The number of carbonyl (C=O) groups excluding carboxylic acids is 1. The van der Waals surface area contributed by atoms with E-state index in [-0.39, 0.29) is 36.2 Å². The van der Waals surface area contributed by atoms with Crippen molar-refractivity contribution in [1.29, 1.82) is 0 Å². The SMILES string of the molecule is CC(C)C(=O)OC[C@@H]1O[C@@H](n2cc(C(N)=S)c3c(N)ncnc32)[C@H](CC(C)C(=O)O)[C@H]1CC(C)C(=O)O. The van der Waals surface area contributed by atoms with E-state index in [1.54, 1.807) is 38.5 Å². The third-order valence-electron chi connectivity index (χ3n) is 6.84. The molecule has 0 saturated carbocycles. The molecule has 2 aromatic rings.